The Morgan fingerprint density at radius 1 is 0.377 bits per heavy atom. The number of likely N-dealkylation sites (tertiary alicyclic amines) is 2. The van der Waals surface area contributed by atoms with E-state index < -0.39 is 5.82 Å². The zero-order chi connectivity index (χ0) is 102. The van der Waals surface area contributed by atoms with Crippen LogP contribution in [0.15, 0.2) is 97.2 Å². The maximum Gasteiger partial charge on any atom is 0.213 e. The highest BCUT2D eigenvalue weighted by atomic mass is 19.1. The number of carbonyl (C=O) groups is 2. The average molecular weight is 1930 g/mol. The third-order valence-corrected chi connectivity index (χ3v) is 25.9. The lowest BCUT2D eigenvalue weighted by Crippen LogP contribution is -2.53. The number of hydrogen-bond acceptors (Lipinski definition) is 20. The van der Waals surface area contributed by atoms with Gasteiger partial charge in [0.25, 0.3) is 0 Å². The molecule has 0 radical (unpaired) electrons. The monoisotopic (exact) mass is 1930 g/mol. The Bertz CT molecular complexity index is 4180. The van der Waals surface area contributed by atoms with Gasteiger partial charge >= 0.3 is 0 Å². The minimum atomic E-state index is -0.425. The smallest absolute Gasteiger partial charge is 0.213 e. The Kier molecular flexibility index (Phi) is 50.2. The summed E-state index contributed by atoms with van der Waals surface area (Å²) in [5, 5.41) is 24.6. The Labute approximate surface area is 834 Å². The second kappa shape index (κ2) is 58.5. The van der Waals surface area contributed by atoms with Gasteiger partial charge in [-0.2, -0.15) is 0 Å². The molecule has 138 heavy (non-hydrogen) atoms. The molecule has 5 aromatic rings. The van der Waals surface area contributed by atoms with Crippen molar-refractivity contribution in [3.8, 4) is 34.6 Å². The maximum absolute atomic E-state index is 13.7. The van der Waals surface area contributed by atoms with Crippen LogP contribution in [0.2, 0.25) is 0 Å². The van der Waals surface area contributed by atoms with Gasteiger partial charge in [0, 0.05) is 171 Å². The van der Waals surface area contributed by atoms with Crippen molar-refractivity contribution in [2.45, 2.75) is 474 Å². The van der Waals surface area contributed by atoms with E-state index in [-0.39, 0.29) is 65.3 Å². The number of Topliss-reactive ketones (excluding diaryl/α,β-unsaturated/α-hetero) is 2. The molecule has 2 saturated heterocycles. The van der Waals surface area contributed by atoms with Crippen LogP contribution in [0.1, 0.15) is 363 Å². The molecule has 0 bridgehead atoms. The molecule has 4 aromatic carbocycles. The minimum Gasteiger partial charge on any atom is -0.490 e. The molecule has 8 fully saturated rings. The molecular formula is C115H191F3N10O10. The summed E-state index contributed by atoms with van der Waals surface area (Å²) in [4.78, 5) is 32.5. The van der Waals surface area contributed by atoms with Crippen LogP contribution in [-0.2, 0) is 19.1 Å². The number of nitrogens with one attached hydrogen (secondary N) is 7. The lowest BCUT2D eigenvalue weighted by molar-refractivity contribution is -0.125. The summed E-state index contributed by atoms with van der Waals surface area (Å²) in [6.07, 6.45) is 22.3. The van der Waals surface area contributed by atoms with Crippen molar-refractivity contribution in [3.63, 3.8) is 0 Å². The summed E-state index contributed by atoms with van der Waals surface area (Å²) in [5.74, 6) is 5.83. The first-order valence-electron chi connectivity index (χ1n) is 53.4. The van der Waals surface area contributed by atoms with E-state index in [4.69, 9.17) is 37.9 Å². The van der Waals surface area contributed by atoms with Crippen LogP contribution in [0.3, 0.4) is 0 Å². The number of ether oxygens (including phenoxy) is 8. The van der Waals surface area contributed by atoms with E-state index in [1.807, 2.05) is 66.8 Å². The van der Waals surface area contributed by atoms with E-state index in [9.17, 15) is 22.8 Å². The summed E-state index contributed by atoms with van der Waals surface area (Å²) < 4.78 is 87.8. The van der Waals surface area contributed by atoms with Crippen LogP contribution in [0, 0.1) is 35.2 Å². The lowest BCUT2D eigenvalue weighted by atomic mass is 9.87. The van der Waals surface area contributed by atoms with E-state index in [1.54, 1.807) is 18.2 Å². The van der Waals surface area contributed by atoms with Crippen molar-refractivity contribution in [1.82, 2.24) is 52.0 Å². The fraction of sp³-hybridized carbons (Fsp3) is 0.730. The number of benzene rings is 4. The SMILES string of the molecule is CC(C)C(=O)CN1CCC(OC2CC(NC(C)(C)C)C2)CC1.CC(C)CN1CCC(OC2CC(NC(C)(C)C)C2)CC1.CC(C)NC1CC(Oc2cc(C(C)C)ccn2)C1.CC(C)NC1CC(Oc2cc(F)cc(C(C)C)c2)C1.CC(C)NC1CC(Oc2cc(F)cc(OCC(=O)C(C)C)c2)C1.CC(C)NC1CC(Oc2cccc(C(C)C)c2)C1.CC(C)NC[C@@H](C)Oc1cc(F)cc(C(C)C)c1. The standard InChI is InChI=1S/C18H26FNO3.C18H34N2O2.C17H34N2O.C16H24FNO.C16H25NO.C15H24FNO.C15H24N2O/c1-11(2)18(21)10-22-15-5-13(19)6-16(9-15)23-17-7-14(8-17)20-12(3)4;1-13(2)17(21)12-20-8-6-15(7-9-20)22-16-10-14(11-16)19-18(3,4)5;1-13(2)12-19-8-6-15(7-9-19)20-16-10-14(11-16)18-17(3,4)5;1-10(2)12-5-13(17)7-15(6-12)19-16-8-14(9-16)18-11(3)4;1-11(2)13-6-5-7-15(8-13)18-16-9-14(10-16)17-12(3)4;1-10(2)13-6-14(16)8-15(7-13)18-12(5)9-17-11(3)4;1-10(2)12-5-6-16-15(7-12)18-14-8-13(9-14)17-11(3)4/h5-6,9,11-12,14,17,20H,7-8,10H2,1-4H3;13-16,19H,6-12H2,1-5H3;13-16,18H,6-12H2,1-5H3;5-7,10-11,14,16,18H,8-9H2,1-4H3;5-8,11-12,14,16-17H,9-10H2,1-4H3;6-8,10-12,17H,9H2,1-5H3;5-7,10-11,13-14,17H,8-9H2,1-4H3/t;;;;;12-;/m.....1./s1. The normalized spacial score (nSPS) is 23.1. The van der Waals surface area contributed by atoms with Crippen molar-refractivity contribution >= 4 is 11.6 Å². The molecule has 7 N–H and O–H groups in total. The van der Waals surface area contributed by atoms with Gasteiger partial charge in [-0.1, -0.05) is 178 Å². The second-order valence-electron chi connectivity index (χ2n) is 46.6. The van der Waals surface area contributed by atoms with Crippen LogP contribution in [0.25, 0.3) is 0 Å². The number of nitrogens with zero attached hydrogens (tertiary/aromatic N) is 3. The second-order valence-corrected chi connectivity index (χ2v) is 46.6. The van der Waals surface area contributed by atoms with Gasteiger partial charge in [0.05, 0.1) is 31.0 Å². The fourth-order valence-electron chi connectivity index (χ4n) is 18.0. The summed E-state index contributed by atoms with van der Waals surface area (Å²) >= 11 is 0. The molecule has 0 unspecified atom stereocenters. The van der Waals surface area contributed by atoms with Crippen molar-refractivity contribution < 1.29 is 60.7 Å². The molecule has 2 aliphatic heterocycles. The molecule has 6 saturated carbocycles. The number of rotatable bonds is 40. The lowest BCUT2D eigenvalue weighted by Gasteiger charge is -2.43. The van der Waals surface area contributed by atoms with Gasteiger partial charge in [-0.05, 0) is 246 Å². The minimum absolute atomic E-state index is 0.0154. The zero-order valence-electron chi connectivity index (χ0n) is 91.4. The number of aromatic nitrogens is 1. The van der Waals surface area contributed by atoms with Crippen LogP contribution in [0.4, 0.5) is 13.2 Å². The van der Waals surface area contributed by atoms with Crippen molar-refractivity contribution in [1.29, 1.82) is 0 Å². The number of piperidine rings is 2. The molecule has 782 valence electrons. The van der Waals surface area contributed by atoms with Gasteiger partial charge in [0.15, 0.2) is 5.78 Å². The molecule has 3 heterocycles. The van der Waals surface area contributed by atoms with Gasteiger partial charge in [-0.15, -0.1) is 0 Å². The van der Waals surface area contributed by atoms with E-state index in [0.717, 1.165) is 125 Å². The molecule has 20 nitrogen and oxygen atoms in total. The topological polar surface area (TPSA) is 212 Å². The molecule has 0 amide bonds. The van der Waals surface area contributed by atoms with E-state index in [1.165, 1.54) is 80.7 Å². The Morgan fingerprint density at radius 3 is 1.14 bits per heavy atom. The van der Waals surface area contributed by atoms with Gasteiger partial charge in [-0.3, -0.25) is 14.5 Å². The predicted molar refractivity (Wildman–Crippen MR) is 563 cm³/mol. The molecular weight excluding hydrogens is 1740 g/mol. The van der Waals surface area contributed by atoms with Crippen molar-refractivity contribution in [2.75, 3.05) is 52.4 Å². The number of halogens is 3. The number of pyridine rings is 1. The van der Waals surface area contributed by atoms with Crippen molar-refractivity contribution in [2.24, 2.45) is 17.8 Å². The highest BCUT2D eigenvalue weighted by Crippen LogP contribution is 2.37. The Hall–Kier alpha value is -6.48. The fourth-order valence-corrected chi connectivity index (χ4v) is 18.0. The molecule has 23 heteroatoms. The van der Waals surface area contributed by atoms with Crippen LogP contribution in [-0.4, -0.2) is 211 Å². The van der Waals surface area contributed by atoms with E-state index in [2.05, 4.69) is 255 Å². The largest absolute Gasteiger partial charge is 0.490 e. The molecule has 13 rings (SSSR count). The molecule has 1 aromatic heterocycles. The van der Waals surface area contributed by atoms with Gasteiger partial charge in [0.1, 0.15) is 89.1 Å². The highest BCUT2D eigenvalue weighted by molar-refractivity contribution is 5.82. The highest BCUT2D eigenvalue weighted by Gasteiger charge is 2.39. The summed E-state index contributed by atoms with van der Waals surface area (Å²) in [5.41, 5.74) is 5.03. The first-order valence-corrected chi connectivity index (χ1v) is 53.4. The number of hydrogen-bond donors (Lipinski definition) is 7. The molecule has 8 aliphatic rings. The Balaban J connectivity index is 0.000000220. The maximum atomic E-state index is 13.7. The summed E-state index contributed by atoms with van der Waals surface area (Å²) in [7, 11) is 0. The van der Waals surface area contributed by atoms with Crippen LogP contribution >= 0.6 is 0 Å². The number of ketones is 2. The third kappa shape index (κ3) is 46.9. The van der Waals surface area contributed by atoms with E-state index >= 15 is 0 Å². The first kappa shape index (κ1) is 118. The molecule has 6 aliphatic carbocycles. The van der Waals surface area contributed by atoms with Gasteiger partial charge in [-0.25, -0.2) is 18.2 Å². The summed E-state index contributed by atoms with van der Waals surface area (Å²) in [6, 6.07) is 32.9. The Morgan fingerprint density at radius 2 is 0.739 bits per heavy atom. The molecule has 1 atom stereocenters. The summed E-state index contributed by atoms with van der Waals surface area (Å²) in [6.45, 7) is 73.0. The average Bonchev–Trinajstić information content (AvgIpc) is 0.834. The third-order valence-electron chi connectivity index (χ3n) is 25.9. The zero-order valence-corrected chi connectivity index (χ0v) is 91.4. The molecule has 0 spiro atoms. The quantitative estimate of drug-likeness (QED) is 0.0194. The van der Waals surface area contributed by atoms with Crippen molar-refractivity contribution in [3.05, 3.63) is 137 Å². The number of carbonyl (C=O) groups excluding carboxylic acids is 2. The van der Waals surface area contributed by atoms with Crippen LogP contribution < -0.4 is 65.6 Å². The van der Waals surface area contributed by atoms with E-state index in [0.29, 0.717) is 162 Å². The van der Waals surface area contributed by atoms with Gasteiger partial charge in [0.2, 0.25) is 5.88 Å². The first-order chi connectivity index (χ1) is 64.8. The van der Waals surface area contributed by atoms with Crippen LogP contribution in [0.5, 0.6) is 34.6 Å². The van der Waals surface area contributed by atoms with Gasteiger partial charge < -0.3 is 80.0 Å². The predicted octanol–water partition coefficient (Wildman–Crippen LogP) is 23.4.